The van der Waals surface area contributed by atoms with Crippen LogP contribution in [0.2, 0.25) is 0 Å². The van der Waals surface area contributed by atoms with E-state index in [1.165, 1.54) is 7.11 Å². The topological polar surface area (TPSA) is 84.6 Å². The third-order valence-electron chi connectivity index (χ3n) is 2.11. The molecule has 0 aromatic carbocycles. The maximum Gasteiger partial charge on any atom is 0.239 e. The number of hydrogen-bond acceptors (Lipinski definition) is 4. The normalized spacial score (nSPS) is 17.2. The Balaban J connectivity index is 3.85. The van der Waals surface area contributed by atoms with E-state index in [2.05, 4.69) is 5.32 Å². The summed E-state index contributed by atoms with van der Waals surface area (Å²) in [7, 11) is 1.49. The summed E-state index contributed by atoms with van der Waals surface area (Å²) >= 11 is 0. The van der Waals surface area contributed by atoms with E-state index in [-0.39, 0.29) is 19.1 Å². The maximum atomic E-state index is 11.4. The van der Waals surface area contributed by atoms with Gasteiger partial charge >= 0.3 is 0 Å². The number of nitrogens with one attached hydrogen (secondary N) is 1. The molecule has 0 rings (SSSR count). The monoisotopic (exact) mass is 204 g/mol. The van der Waals surface area contributed by atoms with Crippen LogP contribution in [0.3, 0.4) is 0 Å². The second-order valence-electron chi connectivity index (χ2n) is 3.59. The zero-order valence-corrected chi connectivity index (χ0v) is 9.04. The summed E-state index contributed by atoms with van der Waals surface area (Å²) in [5, 5.41) is 11.8. The quantitative estimate of drug-likeness (QED) is 0.531. The van der Waals surface area contributed by atoms with Gasteiger partial charge in [0.15, 0.2) is 0 Å². The lowest BCUT2D eigenvalue weighted by Crippen LogP contribution is -2.52. The molecule has 1 amide bonds. The summed E-state index contributed by atoms with van der Waals surface area (Å²) in [6.45, 7) is 3.86. The van der Waals surface area contributed by atoms with Crippen molar-refractivity contribution in [3.8, 4) is 0 Å². The van der Waals surface area contributed by atoms with Crippen molar-refractivity contribution in [2.75, 3.05) is 20.3 Å². The van der Waals surface area contributed by atoms with Crippen LogP contribution in [-0.4, -0.2) is 42.9 Å². The van der Waals surface area contributed by atoms with Gasteiger partial charge in [0.25, 0.3) is 0 Å². The van der Waals surface area contributed by atoms with Crippen molar-refractivity contribution in [1.82, 2.24) is 5.32 Å². The van der Waals surface area contributed by atoms with Crippen molar-refractivity contribution in [2.24, 2.45) is 5.73 Å². The fourth-order valence-electron chi connectivity index (χ4n) is 0.824. The lowest BCUT2D eigenvalue weighted by Gasteiger charge is -2.22. The largest absolute Gasteiger partial charge is 0.389 e. The second-order valence-corrected chi connectivity index (χ2v) is 3.59. The molecule has 0 radical (unpaired) electrons. The van der Waals surface area contributed by atoms with Gasteiger partial charge in [-0.25, -0.2) is 0 Å². The van der Waals surface area contributed by atoms with Crippen LogP contribution in [0.25, 0.3) is 0 Å². The zero-order chi connectivity index (χ0) is 11.2. The first-order chi connectivity index (χ1) is 6.44. The molecule has 2 unspecified atom stereocenters. The number of carbonyl (C=O) groups excluding carboxylic acids is 1. The molecule has 2 atom stereocenters. The molecule has 0 aromatic heterocycles. The average molecular weight is 204 g/mol. The predicted octanol–water partition coefficient (Wildman–Crippen LogP) is -0.763. The molecule has 0 aromatic rings. The standard InChI is InChI=1S/C9H20N2O3/c1-4-9(2,10)8(13)11-5-7(12)6-14-3/h7,12H,4-6,10H2,1-3H3,(H,11,13). The highest BCUT2D eigenvalue weighted by Gasteiger charge is 2.25. The second kappa shape index (κ2) is 5.95. The number of aliphatic hydroxyl groups excluding tert-OH is 1. The molecule has 0 saturated heterocycles. The third-order valence-corrected chi connectivity index (χ3v) is 2.11. The minimum atomic E-state index is -0.868. The molecule has 0 aliphatic heterocycles. The molecule has 5 heteroatoms. The lowest BCUT2D eigenvalue weighted by molar-refractivity contribution is -0.126. The Hall–Kier alpha value is -0.650. The highest BCUT2D eigenvalue weighted by Crippen LogP contribution is 2.03. The predicted molar refractivity (Wildman–Crippen MR) is 53.8 cm³/mol. The van der Waals surface area contributed by atoms with E-state index in [4.69, 9.17) is 10.5 Å². The number of amides is 1. The number of carbonyl (C=O) groups is 1. The summed E-state index contributed by atoms with van der Waals surface area (Å²) < 4.78 is 4.72. The summed E-state index contributed by atoms with van der Waals surface area (Å²) in [5.41, 5.74) is 4.83. The summed E-state index contributed by atoms with van der Waals surface area (Å²) in [6, 6.07) is 0. The van der Waals surface area contributed by atoms with Gasteiger partial charge < -0.3 is 20.9 Å². The number of methoxy groups -OCH3 is 1. The number of nitrogens with two attached hydrogens (primary N) is 1. The molecular formula is C9H20N2O3. The van der Waals surface area contributed by atoms with Gasteiger partial charge in [0.05, 0.1) is 18.2 Å². The van der Waals surface area contributed by atoms with Gasteiger partial charge in [-0.15, -0.1) is 0 Å². The van der Waals surface area contributed by atoms with Gasteiger partial charge in [-0.3, -0.25) is 4.79 Å². The maximum absolute atomic E-state index is 11.4. The van der Waals surface area contributed by atoms with E-state index in [1.54, 1.807) is 6.92 Å². The van der Waals surface area contributed by atoms with Crippen molar-refractivity contribution in [2.45, 2.75) is 31.9 Å². The number of aliphatic hydroxyl groups is 1. The van der Waals surface area contributed by atoms with E-state index in [1.807, 2.05) is 6.92 Å². The molecular weight excluding hydrogens is 184 g/mol. The first kappa shape index (κ1) is 13.4. The molecule has 4 N–H and O–H groups in total. The van der Waals surface area contributed by atoms with E-state index in [0.717, 1.165) is 0 Å². The molecule has 0 aliphatic rings. The van der Waals surface area contributed by atoms with Gasteiger partial charge in [-0.1, -0.05) is 6.92 Å². The molecule has 14 heavy (non-hydrogen) atoms. The highest BCUT2D eigenvalue weighted by molar-refractivity contribution is 5.85. The van der Waals surface area contributed by atoms with Crippen LogP contribution in [0.4, 0.5) is 0 Å². The van der Waals surface area contributed by atoms with Crippen LogP contribution in [-0.2, 0) is 9.53 Å². The van der Waals surface area contributed by atoms with Crippen molar-refractivity contribution < 1.29 is 14.6 Å². The van der Waals surface area contributed by atoms with E-state index in [9.17, 15) is 9.90 Å². The number of ether oxygens (including phenoxy) is 1. The van der Waals surface area contributed by atoms with Crippen LogP contribution < -0.4 is 11.1 Å². The Morgan fingerprint density at radius 1 is 1.71 bits per heavy atom. The molecule has 5 nitrogen and oxygen atoms in total. The smallest absolute Gasteiger partial charge is 0.239 e. The number of hydrogen-bond donors (Lipinski definition) is 3. The van der Waals surface area contributed by atoms with E-state index < -0.39 is 11.6 Å². The van der Waals surface area contributed by atoms with Crippen molar-refractivity contribution in [1.29, 1.82) is 0 Å². The van der Waals surface area contributed by atoms with Gasteiger partial charge in [-0.2, -0.15) is 0 Å². The van der Waals surface area contributed by atoms with E-state index >= 15 is 0 Å². The summed E-state index contributed by atoms with van der Waals surface area (Å²) in [5.74, 6) is -0.254. The van der Waals surface area contributed by atoms with Crippen LogP contribution in [0.5, 0.6) is 0 Å². The van der Waals surface area contributed by atoms with Crippen molar-refractivity contribution in [3.63, 3.8) is 0 Å². The molecule has 0 aliphatic carbocycles. The van der Waals surface area contributed by atoms with Crippen LogP contribution in [0.15, 0.2) is 0 Å². The average Bonchev–Trinajstić information content (AvgIpc) is 2.14. The van der Waals surface area contributed by atoms with Crippen LogP contribution in [0, 0.1) is 0 Å². The van der Waals surface area contributed by atoms with Gasteiger partial charge in [0, 0.05) is 13.7 Å². The Labute approximate surface area is 84.6 Å². The first-order valence-electron chi connectivity index (χ1n) is 4.68. The fourth-order valence-corrected chi connectivity index (χ4v) is 0.824. The SMILES string of the molecule is CCC(C)(N)C(=O)NCC(O)COC. The van der Waals surface area contributed by atoms with Crippen molar-refractivity contribution >= 4 is 5.91 Å². The summed E-state index contributed by atoms with van der Waals surface area (Å²) in [6.07, 6.45) is -0.129. The Morgan fingerprint density at radius 2 is 2.29 bits per heavy atom. The minimum Gasteiger partial charge on any atom is -0.389 e. The van der Waals surface area contributed by atoms with Crippen molar-refractivity contribution in [3.05, 3.63) is 0 Å². The van der Waals surface area contributed by atoms with E-state index in [0.29, 0.717) is 6.42 Å². The zero-order valence-electron chi connectivity index (χ0n) is 9.04. The van der Waals surface area contributed by atoms with Crippen LogP contribution in [0.1, 0.15) is 20.3 Å². The molecule has 0 saturated carbocycles. The Kier molecular flexibility index (Phi) is 5.68. The minimum absolute atomic E-state index is 0.166. The van der Waals surface area contributed by atoms with Gasteiger partial charge in [0.2, 0.25) is 5.91 Å². The Bertz CT molecular complexity index is 183. The third kappa shape index (κ3) is 4.55. The summed E-state index contributed by atoms with van der Waals surface area (Å²) in [4.78, 5) is 11.4. The molecule has 0 fully saturated rings. The van der Waals surface area contributed by atoms with Gasteiger partial charge in [-0.05, 0) is 13.3 Å². The van der Waals surface area contributed by atoms with Crippen LogP contribution >= 0.6 is 0 Å². The van der Waals surface area contributed by atoms with Gasteiger partial charge in [0.1, 0.15) is 0 Å². The lowest BCUT2D eigenvalue weighted by atomic mass is 9.99. The molecule has 0 spiro atoms. The molecule has 0 heterocycles. The first-order valence-corrected chi connectivity index (χ1v) is 4.68. The molecule has 84 valence electrons. The number of rotatable bonds is 6. The molecule has 0 bridgehead atoms. The Morgan fingerprint density at radius 3 is 2.71 bits per heavy atom. The highest BCUT2D eigenvalue weighted by atomic mass is 16.5. The fraction of sp³-hybridized carbons (Fsp3) is 0.889.